The maximum Gasteiger partial charge on any atom is 0.408 e. The Balaban J connectivity index is 1.58. The Bertz CT molecular complexity index is 684. The summed E-state index contributed by atoms with van der Waals surface area (Å²) in [7, 11) is 0. The number of alkyl carbamates (subject to hydrolysis) is 1. The zero-order valence-electron chi connectivity index (χ0n) is 13.4. The third-order valence-electron chi connectivity index (χ3n) is 3.84. The second-order valence-electron chi connectivity index (χ2n) is 5.77. The van der Waals surface area contributed by atoms with Crippen LogP contribution < -0.4 is 5.32 Å². The quantitative estimate of drug-likeness (QED) is 0.830. The standard InChI is InChI=1S/C19H20N2O3/c22-18(21-11-12-21)17(13-15-7-3-1-4-8-15)20-19(23)24-14-16-9-5-2-6-10-16/h1-10,17H,11-14H2,(H,20,23). The van der Waals surface area contributed by atoms with Gasteiger partial charge in [-0.25, -0.2) is 4.79 Å². The molecule has 2 aromatic carbocycles. The van der Waals surface area contributed by atoms with Crippen molar-refractivity contribution in [3.63, 3.8) is 0 Å². The molecular formula is C19H20N2O3. The SMILES string of the molecule is O=C(NC(Cc1ccccc1)C(=O)N1CC1)OCc1ccccc1. The molecule has 1 atom stereocenters. The maximum absolute atomic E-state index is 12.4. The number of hydrogen-bond acceptors (Lipinski definition) is 3. The topological polar surface area (TPSA) is 58.4 Å². The number of nitrogens with one attached hydrogen (secondary N) is 1. The molecule has 124 valence electrons. The zero-order chi connectivity index (χ0) is 16.8. The fourth-order valence-electron chi connectivity index (χ4n) is 2.45. The third-order valence-corrected chi connectivity index (χ3v) is 3.84. The van der Waals surface area contributed by atoms with Crippen molar-refractivity contribution < 1.29 is 14.3 Å². The van der Waals surface area contributed by atoms with Crippen LogP contribution in [-0.4, -0.2) is 36.0 Å². The van der Waals surface area contributed by atoms with Gasteiger partial charge in [-0.15, -0.1) is 0 Å². The van der Waals surface area contributed by atoms with E-state index in [4.69, 9.17) is 4.74 Å². The Morgan fingerprint density at radius 3 is 2.12 bits per heavy atom. The summed E-state index contributed by atoms with van der Waals surface area (Å²) in [6.45, 7) is 1.69. The molecule has 1 N–H and O–H groups in total. The van der Waals surface area contributed by atoms with Crippen molar-refractivity contribution in [2.24, 2.45) is 0 Å². The lowest BCUT2D eigenvalue weighted by molar-refractivity contribution is -0.127. The van der Waals surface area contributed by atoms with E-state index >= 15 is 0 Å². The molecule has 0 saturated carbocycles. The van der Waals surface area contributed by atoms with Crippen molar-refractivity contribution in [2.45, 2.75) is 19.1 Å². The van der Waals surface area contributed by atoms with Crippen LogP contribution >= 0.6 is 0 Å². The van der Waals surface area contributed by atoms with Gasteiger partial charge in [0.1, 0.15) is 12.6 Å². The molecular weight excluding hydrogens is 304 g/mol. The van der Waals surface area contributed by atoms with Crippen molar-refractivity contribution in [3.05, 3.63) is 71.8 Å². The van der Waals surface area contributed by atoms with Gasteiger partial charge >= 0.3 is 6.09 Å². The van der Waals surface area contributed by atoms with E-state index in [1.807, 2.05) is 60.7 Å². The molecule has 3 rings (SSSR count). The van der Waals surface area contributed by atoms with Gasteiger partial charge in [-0.3, -0.25) is 4.79 Å². The predicted octanol–water partition coefficient (Wildman–Crippen LogP) is 2.37. The average molecular weight is 324 g/mol. The number of hydrogen-bond donors (Lipinski definition) is 1. The Morgan fingerprint density at radius 2 is 1.54 bits per heavy atom. The average Bonchev–Trinajstić information content (AvgIpc) is 3.46. The number of amides is 2. The summed E-state index contributed by atoms with van der Waals surface area (Å²) in [6.07, 6.45) is -0.119. The van der Waals surface area contributed by atoms with E-state index in [0.29, 0.717) is 6.42 Å². The molecule has 0 aliphatic carbocycles. The highest BCUT2D eigenvalue weighted by Gasteiger charge is 2.32. The molecule has 1 aliphatic rings. The van der Waals surface area contributed by atoms with Gasteiger partial charge in [-0.1, -0.05) is 60.7 Å². The molecule has 0 aromatic heterocycles. The van der Waals surface area contributed by atoms with Gasteiger partial charge in [0, 0.05) is 19.5 Å². The lowest BCUT2D eigenvalue weighted by Gasteiger charge is -2.18. The summed E-state index contributed by atoms with van der Waals surface area (Å²) in [4.78, 5) is 26.1. The van der Waals surface area contributed by atoms with Crippen LogP contribution in [-0.2, 0) is 22.6 Å². The predicted molar refractivity (Wildman–Crippen MR) is 90.3 cm³/mol. The zero-order valence-corrected chi connectivity index (χ0v) is 13.4. The van der Waals surface area contributed by atoms with Crippen LogP contribution in [0.5, 0.6) is 0 Å². The third kappa shape index (κ3) is 4.59. The minimum absolute atomic E-state index is 0.0597. The summed E-state index contributed by atoms with van der Waals surface area (Å²) in [5, 5.41) is 2.70. The molecule has 2 aromatic rings. The van der Waals surface area contributed by atoms with Crippen LogP contribution in [0.1, 0.15) is 11.1 Å². The molecule has 0 radical (unpaired) electrons. The minimum Gasteiger partial charge on any atom is -0.445 e. The van der Waals surface area contributed by atoms with Crippen molar-refractivity contribution >= 4 is 12.0 Å². The van der Waals surface area contributed by atoms with Gasteiger partial charge in [0.05, 0.1) is 0 Å². The van der Waals surface area contributed by atoms with Crippen LogP contribution in [0.3, 0.4) is 0 Å². The Morgan fingerprint density at radius 1 is 0.958 bits per heavy atom. The molecule has 2 amide bonds. The summed E-state index contributed by atoms with van der Waals surface area (Å²) in [5.41, 5.74) is 1.91. The second kappa shape index (κ2) is 7.64. The van der Waals surface area contributed by atoms with Crippen molar-refractivity contribution in [3.8, 4) is 0 Å². The van der Waals surface area contributed by atoms with Gasteiger partial charge in [0.15, 0.2) is 0 Å². The van der Waals surface area contributed by atoms with Gasteiger partial charge in [-0.05, 0) is 11.1 Å². The van der Waals surface area contributed by atoms with Gasteiger partial charge in [-0.2, -0.15) is 0 Å². The first-order valence-corrected chi connectivity index (χ1v) is 8.02. The molecule has 1 heterocycles. The van der Waals surface area contributed by atoms with E-state index in [2.05, 4.69) is 5.32 Å². The van der Waals surface area contributed by atoms with E-state index < -0.39 is 12.1 Å². The Labute approximate surface area is 141 Å². The van der Waals surface area contributed by atoms with Gasteiger partial charge < -0.3 is 15.0 Å². The molecule has 0 spiro atoms. The summed E-state index contributed by atoms with van der Waals surface area (Å²) >= 11 is 0. The van der Waals surface area contributed by atoms with Gasteiger partial charge in [0.25, 0.3) is 0 Å². The second-order valence-corrected chi connectivity index (χ2v) is 5.77. The first kappa shape index (κ1) is 16.1. The number of benzene rings is 2. The lowest BCUT2D eigenvalue weighted by atomic mass is 10.1. The van der Waals surface area contributed by atoms with Crippen LogP contribution in [0.25, 0.3) is 0 Å². The van der Waals surface area contributed by atoms with Crippen LogP contribution in [0, 0.1) is 0 Å². The lowest BCUT2D eigenvalue weighted by Crippen LogP contribution is -2.45. The number of nitrogens with zero attached hydrogens (tertiary/aromatic N) is 1. The normalized spacial score (nSPS) is 13.9. The smallest absolute Gasteiger partial charge is 0.408 e. The largest absolute Gasteiger partial charge is 0.445 e. The fourth-order valence-corrected chi connectivity index (χ4v) is 2.45. The molecule has 5 nitrogen and oxygen atoms in total. The number of rotatable bonds is 6. The fraction of sp³-hybridized carbons (Fsp3) is 0.263. The Kier molecular flexibility index (Phi) is 5.11. The molecule has 24 heavy (non-hydrogen) atoms. The minimum atomic E-state index is -0.599. The molecule has 1 unspecified atom stereocenters. The molecule has 1 aliphatic heterocycles. The monoisotopic (exact) mass is 324 g/mol. The molecule has 1 fully saturated rings. The van der Waals surface area contributed by atoms with Crippen LogP contribution in [0.2, 0.25) is 0 Å². The van der Waals surface area contributed by atoms with E-state index in [1.54, 1.807) is 4.90 Å². The summed E-state index contributed by atoms with van der Waals surface area (Å²) < 4.78 is 5.23. The Hall–Kier alpha value is -2.82. The van der Waals surface area contributed by atoms with E-state index in [9.17, 15) is 9.59 Å². The van der Waals surface area contributed by atoms with Crippen LogP contribution in [0.15, 0.2) is 60.7 Å². The summed E-state index contributed by atoms with van der Waals surface area (Å²) in [5.74, 6) is -0.0597. The van der Waals surface area contributed by atoms with Crippen molar-refractivity contribution in [2.75, 3.05) is 13.1 Å². The number of carbonyl (C=O) groups is 2. The maximum atomic E-state index is 12.4. The number of carbonyl (C=O) groups excluding carboxylic acids is 2. The van der Waals surface area contributed by atoms with Crippen molar-refractivity contribution in [1.82, 2.24) is 10.2 Å². The van der Waals surface area contributed by atoms with Gasteiger partial charge in [0.2, 0.25) is 5.91 Å². The highest BCUT2D eigenvalue weighted by Crippen LogP contribution is 2.12. The highest BCUT2D eigenvalue weighted by molar-refractivity contribution is 5.87. The van der Waals surface area contributed by atoms with E-state index in [1.165, 1.54) is 0 Å². The first-order chi connectivity index (χ1) is 11.7. The van der Waals surface area contributed by atoms with Crippen molar-refractivity contribution in [1.29, 1.82) is 0 Å². The van der Waals surface area contributed by atoms with E-state index in [-0.39, 0.29) is 12.5 Å². The summed E-state index contributed by atoms with van der Waals surface area (Å²) in [6, 6.07) is 18.5. The van der Waals surface area contributed by atoms with E-state index in [0.717, 1.165) is 24.2 Å². The molecule has 0 bridgehead atoms. The molecule has 1 saturated heterocycles. The molecule has 5 heteroatoms. The highest BCUT2D eigenvalue weighted by atomic mass is 16.5. The first-order valence-electron chi connectivity index (χ1n) is 8.02. The van der Waals surface area contributed by atoms with Crippen LogP contribution in [0.4, 0.5) is 4.79 Å². The number of ether oxygens (including phenoxy) is 1.